The first-order valence-corrected chi connectivity index (χ1v) is 6.07. The fraction of sp³-hybridized carbons (Fsp3) is 0. The van der Waals surface area contributed by atoms with Gasteiger partial charge in [-0.25, -0.2) is 9.37 Å². The Kier molecular flexibility index (Phi) is 2.84. The number of fused-ring (bicyclic) bond motifs is 1. The lowest BCUT2D eigenvalue weighted by molar-refractivity contribution is 0.471. The second kappa shape index (κ2) is 4.52. The van der Waals surface area contributed by atoms with Crippen LogP contribution in [0, 0.1) is 5.82 Å². The minimum Gasteiger partial charge on any atom is -0.507 e. The van der Waals surface area contributed by atoms with E-state index >= 15 is 0 Å². The molecule has 2 aromatic carbocycles. The minimum atomic E-state index is -0.649. The third-order valence-electron chi connectivity index (χ3n) is 2.91. The van der Waals surface area contributed by atoms with Crippen LogP contribution < -0.4 is 0 Å². The zero-order valence-electron chi connectivity index (χ0n) is 9.77. The van der Waals surface area contributed by atoms with Gasteiger partial charge in [-0.3, -0.25) is 0 Å². The molecule has 0 aliphatic carbocycles. The maximum atomic E-state index is 13.2. The van der Waals surface area contributed by atoms with Gasteiger partial charge in [0.15, 0.2) is 0 Å². The second-order valence-corrected chi connectivity index (χ2v) is 4.58. The number of phenols is 1. The third-order valence-corrected chi connectivity index (χ3v) is 3.20. The quantitative estimate of drug-likeness (QED) is 0.713. The first kappa shape index (κ1) is 11.9. The molecule has 0 spiro atoms. The lowest BCUT2D eigenvalue weighted by atomic mass is 10.1. The molecule has 1 N–H and O–H groups in total. The molecule has 0 atom stereocenters. The Morgan fingerprint density at radius 3 is 2.68 bits per heavy atom. The fourth-order valence-corrected chi connectivity index (χ4v) is 2.12. The molecule has 3 aromatic rings. The third kappa shape index (κ3) is 2.13. The summed E-state index contributed by atoms with van der Waals surface area (Å²) < 4.78 is 13.2. The summed E-state index contributed by atoms with van der Waals surface area (Å²) in [6.07, 6.45) is 0. The smallest absolute Gasteiger partial charge is 0.145 e. The van der Waals surface area contributed by atoms with Crippen molar-refractivity contribution in [1.29, 1.82) is 0 Å². The van der Waals surface area contributed by atoms with Gasteiger partial charge in [0.1, 0.15) is 11.6 Å². The molecule has 94 valence electrons. The van der Waals surface area contributed by atoms with Gasteiger partial charge >= 0.3 is 0 Å². The van der Waals surface area contributed by atoms with Crippen molar-refractivity contribution >= 4 is 22.5 Å². The highest BCUT2D eigenvalue weighted by Gasteiger charge is 2.11. The molecule has 1 heterocycles. The van der Waals surface area contributed by atoms with Crippen molar-refractivity contribution in [3.8, 4) is 17.0 Å². The fourth-order valence-electron chi connectivity index (χ4n) is 1.96. The number of para-hydroxylation sites is 1. The lowest BCUT2D eigenvalue weighted by Crippen LogP contribution is -1.87. The molecule has 0 aliphatic heterocycles. The zero-order chi connectivity index (χ0) is 13.4. The summed E-state index contributed by atoms with van der Waals surface area (Å²) in [6, 6.07) is 13.7. The molecular weight excluding hydrogens is 265 g/mol. The van der Waals surface area contributed by atoms with E-state index in [0.29, 0.717) is 11.3 Å². The number of hydrogen-bond acceptors (Lipinski definition) is 2. The Morgan fingerprint density at radius 1 is 1.05 bits per heavy atom. The van der Waals surface area contributed by atoms with Gasteiger partial charge in [-0.05, 0) is 18.2 Å². The van der Waals surface area contributed by atoms with E-state index in [0.717, 1.165) is 17.0 Å². The number of aromatic hydroxyl groups is 1. The maximum absolute atomic E-state index is 13.2. The molecule has 0 amide bonds. The van der Waals surface area contributed by atoms with Crippen LogP contribution in [-0.2, 0) is 0 Å². The Hall–Kier alpha value is -2.13. The summed E-state index contributed by atoms with van der Waals surface area (Å²) in [6.45, 7) is 0. The molecule has 0 radical (unpaired) electrons. The van der Waals surface area contributed by atoms with Gasteiger partial charge < -0.3 is 5.11 Å². The number of aromatic nitrogens is 1. The predicted molar refractivity (Wildman–Crippen MR) is 73.8 cm³/mol. The monoisotopic (exact) mass is 273 g/mol. The van der Waals surface area contributed by atoms with Crippen LogP contribution in [0.25, 0.3) is 22.2 Å². The van der Waals surface area contributed by atoms with Crippen molar-refractivity contribution < 1.29 is 9.50 Å². The molecule has 0 unspecified atom stereocenters. The molecule has 4 heteroatoms. The molecule has 0 saturated carbocycles. The normalized spacial score (nSPS) is 10.8. The van der Waals surface area contributed by atoms with Crippen LogP contribution in [0.3, 0.4) is 0 Å². The largest absolute Gasteiger partial charge is 0.507 e. The van der Waals surface area contributed by atoms with Gasteiger partial charge in [-0.1, -0.05) is 35.9 Å². The molecule has 0 bridgehead atoms. The van der Waals surface area contributed by atoms with Gasteiger partial charge in [0.25, 0.3) is 0 Å². The van der Waals surface area contributed by atoms with Crippen molar-refractivity contribution in [3.05, 3.63) is 59.4 Å². The topological polar surface area (TPSA) is 33.1 Å². The van der Waals surface area contributed by atoms with Crippen LogP contribution in [0.2, 0.25) is 5.02 Å². The summed E-state index contributed by atoms with van der Waals surface area (Å²) in [5, 5.41) is 10.8. The van der Waals surface area contributed by atoms with E-state index in [-0.39, 0.29) is 10.8 Å². The highest BCUT2D eigenvalue weighted by molar-refractivity contribution is 6.31. The van der Waals surface area contributed by atoms with E-state index in [4.69, 9.17) is 11.6 Å². The van der Waals surface area contributed by atoms with Crippen LogP contribution in [0.5, 0.6) is 5.75 Å². The first-order valence-electron chi connectivity index (χ1n) is 5.69. The summed E-state index contributed by atoms with van der Waals surface area (Å²) in [5.74, 6) is -0.826. The summed E-state index contributed by atoms with van der Waals surface area (Å²) in [5.41, 5.74) is 1.77. The standard InChI is InChI=1S/C15H9ClFNO/c16-11-7-10(15(19)8-12(11)17)14-6-5-9-3-1-2-4-13(9)18-14/h1-8,19H. The number of rotatable bonds is 1. The van der Waals surface area contributed by atoms with E-state index in [1.54, 1.807) is 6.07 Å². The molecule has 2 nitrogen and oxygen atoms in total. The molecule has 19 heavy (non-hydrogen) atoms. The van der Waals surface area contributed by atoms with Gasteiger partial charge in [0.05, 0.1) is 16.2 Å². The number of nitrogens with zero attached hydrogens (tertiary/aromatic N) is 1. The summed E-state index contributed by atoms with van der Waals surface area (Å²) >= 11 is 5.74. The average Bonchev–Trinajstić information content (AvgIpc) is 2.42. The maximum Gasteiger partial charge on any atom is 0.145 e. The Balaban J connectivity index is 2.21. The zero-order valence-corrected chi connectivity index (χ0v) is 10.5. The second-order valence-electron chi connectivity index (χ2n) is 4.17. The van der Waals surface area contributed by atoms with Gasteiger partial charge in [-0.2, -0.15) is 0 Å². The van der Waals surface area contributed by atoms with E-state index in [1.165, 1.54) is 6.07 Å². The van der Waals surface area contributed by atoms with E-state index in [9.17, 15) is 9.50 Å². The first-order chi connectivity index (χ1) is 9.15. The highest BCUT2D eigenvalue weighted by atomic mass is 35.5. The van der Waals surface area contributed by atoms with Crippen molar-refractivity contribution in [1.82, 2.24) is 4.98 Å². The lowest BCUT2D eigenvalue weighted by Gasteiger charge is -2.06. The van der Waals surface area contributed by atoms with Gasteiger partial charge in [0, 0.05) is 17.0 Å². The number of hydrogen-bond donors (Lipinski definition) is 1. The predicted octanol–water partition coefficient (Wildman–Crippen LogP) is 4.40. The summed E-state index contributed by atoms with van der Waals surface area (Å²) in [7, 11) is 0. The summed E-state index contributed by atoms with van der Waals surface area (Å²) in [4.78, 5) is 4.44. The number of pyridine rings is 1. The van der Waals surface area contributed by atoms with E-state index in [1.807, 2.05) is 30.3 Å². The SMILES string of the molecule is Oc1cc(F)c(Cl)cc1-c1ccc2ccccc2n1. The van der Waals surface area contributed by atoms with Gasteiger partial charge in [0.2, 0.25) is 0 Å². The Morgan fingerprint density at radius 2 is 1.84 bits per heavy atom. The van der Waals surface area contributed by atoms with E-state index in [2.05, 4.69) is 4.98 Å². The van der Waals surface area contributed by atoms with Crippen molar-refractivity contribution in [3.63, 3.8) is 0 Å². The van der Waals surface area contributed by atoms with E-state index < -0.39 is 5.82 Å². The molecule has 1 aromatic heterocycles. The van der Waals surface area contributed by atoms with Gasteiger partial charge in [-0.15, -0.1) is 0 Å². The van der Waals surface area contributed by atoms with Crippen LogP contribution in [0.15, 0.2) is 48.5 Å². The van der Waals surface area contributed by atoms with Crippen molar-refractivity contribution in [2.75, 3.05) is 0 Å². The minimum absolute atomic E-state index is 0.0391. The molecular formula is C15H9ClFNO. The Bertz CT molecular complexity index is 773. The molecule has 0 fully saturated rings. The van der Waals surface area contributed by atoms with Crippen molar-refractivity contribution in [2.24, 2.45) is 0 Å². The molecule has 0 saturated heterocycles. The van der Waals surface area contributed by atoms with Crippen LogP contribution in [0.4, 0.5) is 4.39 Å². The van der Waals surface area contributed by atoms with Crippen LogP contribution in [0.1, 0.15) is 0 Å². The Labute approximate surface area is 114 Å². The highest BCUT2D eigenvalue weighted by Crippen LogP contribution is 2.33. The van der Waals surface area contributed by atoms with Crippen molar-refractivity contribution in [2.45, 2.75) is 0 Å². The molecule has 0 aliphatic rings. The van der Waals surface area contributed by atoms with Crippen LogP contribution >= 0.6 is 11.6 Å². The number of halogens is 2. The van der Waals surface area contributed by atoms with Crippen LogP contribution in [-0.4, -0.2) is 10.1 Å². The number of phenolic OH excluding ortho intramolecular Hbond substituents is 1. The number of benzene rings is 2. The average molecular weight is 274 g/mol. The molecule has 3 rings (SSSR count).